The number of rotatable bonds is 4. The molecular weight excluding hydrogens is 312 g/mol. The Labute approximate surface area is 143 Å². The molecule has 1 atom stereocenters. The topological polar surface area (TPSA) is 57.4 Å². The van der Waals surface area contributed by atoms with Gasteiger partial charge in [-0.05, 0) is 12.1 Å². The van der Waals surface area contributed by atoms with E-state index in [0.29, 0.717) is 13.2 Å². The molecule has 1 aliphatic rings. The van der Waals surface area contributed by atoms with Crippen LogP contribution in [0.5, 0.6) is 0 Å². The van der Waals surface area contributed by atoms with E-state index in [2.05, 4.69) is 11.9 Å². The number of hydrogen-bond donors (Lipinski definition) is 1. The van der Waals surface area contributed by atoms with Crippen LogP contribution in [0.3, 0.4) is 0 Å². The maximum absolute atomic E-state index is 6.40. The van der Waals surface area contributed by atoms with Gasteiger partial charge in [-0.3, -0.25) is 4.98 Å². The largest absolute Gasteiger partial charge is 0.348 e. The third kappa shape index (κ3) is 4.30. The average molecular weight is 335 g/mol. The standard InChI is InChI=1S/C18H22N2O2.ClH/c1-18(16(19)11-15-9-5-6-10-20-15)12-21-17(22-13-18)14-7-3-2-4-8-14;/h2-10,16-17H,11-13,19H2,1H3;1H/t16-,17?,18?;/m1./s1. The second-order valence-corrected chi connectivity index (χ2v) is 6.15. The van der Waals surface area contributed by atoms with Crippen LogP contribution in [0.1, 0.15) is 24.5 Å². The van der Waals surface area contributed by atoms with E-state index >= 15 is 0 Å². The Bertz CT molecular complexity index is 586. The van der Waals surface area contributed by atoms with Gasteiger partial charge in [-0.1, -0.05) is 43.3 Å². The summed E-state index contributed by atoms with van der Waals surface area (Å²) in [4.78, 5) is 4.35. The molecule has 1 aromatic carbocycles. The highest BCUT2D eigenvalue weighted by atomic mass is 35.5. The molecule has 3 rings (SSSR count). The molecule has 1 fully saturated rings. The summed E-state index contributed by atoms with van der Waals surface area (Å²) in [6.07, 6.45) is 2.22. The average Bonchev–Trinajstić information content (AvgIpc) is 2.57. The number of nitrogens with zero attached hydrogens (tertiary/aromatic N) is 1. The summed E-state index contributed by atoms with van der Waals surface area (Å²) >= 11 is 0. The van der Waals surface area contributed by atoms with Crippen LogP contribution >= 0.6 is 12.4 Å². The van der Waals surface area contributed by atoms with Gasteiger partial charge < -0.3 is 15.2 Å². The lowest BCUT2D eigenvalue weighted by Crippen LogP contribution is -2.50. The number of ether oxygens (including phenoxy) is 2. The number of halogens is 1. The predicted octanol–water partition coefficient (Wildman–Crippen LogP) is 3.13. The maximum Gasteiger partial charge on any atom is 0.183 e. The summed E-state index contributed by atoms with van der Waals surface area (Å²) < 4.78 is 11.8. The molecule has 23 heavy (non-hydrogen) atoms. The Kier molecular flexibility index (Phi) is 6.13. The van der Waals surface area contributed by atoms with Gasteiger partial charge in [-0.15, -0.1) is 12.4 Å². The van der Waals surface area contributed by atoms with Crippen LogP contribution in [-0.2, 0) is 15.9 Å². The third-order valence-electron chi connectivity index (χ3n) is 4.25. The third-order valence-corrected chi connectivity index (χ3v) is 4.25. The van der Waals surface area contributed by atoms with Crippen molar-refractivity contribution < 1.29 is 9.47 Å². The molecule has 2 heterocycles. The van der Waals surface area contributed by atoms with Crippen molar-refractivity contribution in [1.29, 1.82) is 0 Å². The van der Waals surface area contributed by atoms with Crippen molar-refractivity contribution in [2.24, 2.45) is 11.1 Å². The summed E-state index contributed by atoms with van der Waals surface area (Å²) in [5.74, 6) is 0. The highest BCUT2D eigenvalue weighted by Gasteiger charge is 2.38. The van der Waals surface area contributed by atoms with Gasteiger partial charge in [0.05, 0.1) is 13.2 Å². The molecule has 0 amide bonds. The van der Waals surface area contributed by atoms with Gasteiger partial charge in [0.1, 0.15) is 0 Å². The van der Waals surface area contributed by atoms with Gasteiger partial charge in [-0.25, -0.2) is 0 Å². The molecule has 0 unspecified atom stereocenters. The smallest absolute Gasteiger partial charge is 0.183 e. The van der Waals surface area contributed by atoms with Crippen molar-refractivity contribution in [2.45, 2.75) is 25.7 Å². The first-order valence-electron chi connectivity index (χ1n) is 7.61. The lowest BCUT2D eigenvalue weighted by Gasteiger charge is -2.41. The predicted molar refractivity (Wildman–Crippen MR) is 92.4 cm³/mol. The van der Waals surface area contributed by atoms with Crippen LogP contribution in [0, 0.1) is 5.41 Å². The van der Waals surface area contributed by atoms with E-state index in [4.69, 9.17) is 15.2 Å². The highest BCUT2D eigenvalue weighted by Crippen LogP contribution is 2.34. The van der Waals surface area contributed by atoms with E-state index in [0.717, 1.165) is 17.7 Å². The van der Waals surface area contributed by atoms with E-state index < -0.39 is 0 Å². The molecule has 124 valence electrons. The first-order chi connectivity index (χ1) is 10.7. The molecule has 0 radical (unpaired) electrons. The summed E-state index contributed by atoms with van der Waals surface area (Å²) in [5.41, 5.74) is 8.24. The van der Waals surface area contributed by atoms with Gasteiger partial charge in [0, 0.05) is 35.3 Å². The normalized spacial score (nSPS) is 25.4. The van der Waals surface area contributed by atoms with Crippen LogP contribution in [0.2, 0.25) is 0 Å². The minimum atomic E-state index is -0.295. The zero-order valence-corrected chi connectivity index (χ0v) is 14.0. The number of pyridine rings is 1. The molecule has 4 nitrogen and oxygen atoms in total. The Morgan fingerprint density at radius 2 is 1.78 bits per heavy atom. The fraction of sp³-hybridized carbons (Fsp3) is 0.389. The van der Waals surface area contributed by atoms with Gasteiger partial charge in [0.2, 0.25) is 0 Å². The number of hydrogen-bond acceptors (Lipinski definition) is 4. The van der Waals surface area contributed by atoms with Gasteiger partial charge in [-0.2, -0.15) is 0 Å². The quantitative estimate of drug-likeness (QED) is 0.933. The van der Waals surface area contributed by atoms with E-state index in [-0.39, 0.29) is 30.2 Å². The Hall–Kier alpha value is -1.46. The van der Waals surface area contributed by atoms with Crippen LogP contribution in [0.25, 0.3) is 0 Å². The monoisotopic (exact) mass is 334 g/mol. The first-order valence-corrected chi connectivity index (χ1v) is 7.61. The van der Waals surface area contributed by atoms with Crippen LogP contribution in [-0.4, -0.2) is 24.2 Å². The lowest BCUT2D eigenvalue weighted by atomic mass is 9.81. The maximum atomic E-state index is 6.40. The van der Waals surface area contributed by atoms with E-state index in [1.807, 2.05) is 48.5 Å². The molecule has 5 heteroatoms. The Morgan fingerprint density at radius 1 is 1.13 bits per heavy atom. The molecule has 0 spiro atoms. The summed E-state index contributed by atoms with van der Waals surface area (Å²) in [6.45, 7) is 3.28. The molecule has 2 aromatic rings. The zero-order valence-electron chi connectivity index (χ0n) is 13.2. The summed E-state index contributed by atoms with van der Waals surface area (Å²) in [5, 5.41) is 0. The number of nitrogens with two attached hydrogens (primary N) is 1. The van der Waals surface area contributed by atoms with Crippen molar-refractivity contribution >= 4 is 12.4 Å². The van der Waals surface area contributed by atoms with E-state index in [1.165, 1.54) is 0 Å². The second-order valence-electron chi connectivity index (χ2n) is 6.15. The van der Waals surface area contributed by atoms with Gasteiger partial charge in [0.25, 0.3) is 0 Å². The lowest BCUT2D eigenvalue weighted by molar-refractivity contribution is -0.234. The molecule has 2 N–H and O–H groups in total. The van der Waals surface area contributed by atoms with E-state index in [1.54, 1.807) is 6.20 Å². The minimum Gasteiger partial charge on any atom is -0.348 e. The zero-order chi connectivity index (χ0) is 15.4. The van der Waals surface area contributed by atoms with Crippen LogP contribution in [0.15, 0.2) is 54.7 Å². The van der Waals surface area contributed by atoms with E-state index in [9.17, 15) is 0 Å². The van der Waals surface area contributed by atoms with Crippen molar-refractivity contribution in [1.82, 2.24) is 4.98 Å². The van der Waals surface area contributed by atoms with Crippen LogP contribution < -0.4 is 5.73 Å². The minimum absolute atomic E-state index is 0. The Balaban J connectivity index is 0.00000192. The number of aromatic nitrogens is 1. The fourth-order valence-electron chi connectivity index (χ4n) is 2.63. The molecule has 0 aliphatic carbocycles. The molecule has 1 aromatic heterocycles. The highest BCUT2D eigenvalue weighted by molar-refractivity contribution is 5.85. The first kappa shape index (κ1) is 17.9. The van der Waals surface area contributed by atoms with Crippen LogP contribution in [0.4, 0.5) is 0 Å². The van der Waals surface area contributed by atoms with Gasteiger partial charge >= 0.3 is 0 Å². The van der Waals surface area contributed by atoms with Crippen molar-refractivity contribution in [3.8, 4) is 0 Å². The van der Waals surface area contributed by atoms with Gasteiger partial charge in [0.15, 0.2) is 6.29 Å². The fourth-order valence-corrected chi connectivity index (χ4v) is 2.63. The summed E-state index contributed by atoms with van der Waals surface area (Å²) in [6, 6.07) is 15.8. The second kappa shape index (κ2) is 7.88. The number of benzene rings is 1. The molecular formula is C18H23ClN2O2. The SMILES string of the molecule is CC1([C@H](N)Cc2ccccn2)COC(c2ccccc2)OC1.Cl. The van der Waals surface area contributed by atoms with Crippen molar-refractivity contribution in [3.63, 3.8) is 0 Å². The molecule has 1 aliphatic heterocycles. The summed E-state index contributed by atoms with van der Waals surface area (Å²) in [7, 11) is 0. The Morgan fingerprint density at radius 3 is 2.39 bits per heavy atom. The van der Waals surface area contributed by atoms with Crippen molar-refractivity contribution in [2.75, 3.05) is 13.2 Å². The molecule has 0 bridgehead atoms. The van der Waals surface area contributed by atoms with Crippen molar-refractivity contribution in [3.05, 3.63) is 66.0 Å². The molecule has 0 saturated carbocycles. The molecule has 1 saturated heterocycles.